The first-order valence-corrected chi connectivity index (χ1v) is 17.1. The molecule has 0 unspecified atom stereocenters. The zero-order valence-electron chi connectivity index (χ0n) is 18.9. The van der Waals surface area contributed by atoms with Crippen LogP contribution in [0.3, 0.4) is 0 Å². The molecule has 0 aromatic heterocycles. The molecular weight excluding hydrogens is 937 g/mol. The third-order valence-electron chi connectivity index (χ3n) is 3.56. The SMILES string of the molecule is N#[C][Fe-2]([C]#N)([C]#N)([C]#N)([C]#N)[C]#N.N#[C][Fe-2]([C]#N)([C]#N)([C]#N)([C]#N)[C]#N.N#[C][Fe-2]([C]#N)([C]#N)([C]#N)([C]#N)[C]#N.[Sm+3].[Sm+3]. The Morgan fingerprint density at radius 3 is 0.220 bits per heavy atom. The summed E-state index contributed by atoms with van der Waals surface area (Å²) in [5.74, 6) is 0. The molecule has 0 aromatic rings. The molecule has 41 heavy (non-hydrogen) atoms. The summed E-state index contributed by atoms with van der Waals surface area (Å²) in [7, 11) is -18.5. The molecule has 0 atom stereocenters. The van der Waals surface area contributed by atoms with Gasteiger partial charge in [-0.25, -0.2) is 0 Å². The average molecular weight is 937 g/mol. The van der Waals surface area contributed by atoms with Gasteiger partial charge in [-0.1, -0.05) is 0 Å². The minimum Gasteiger partial charge on any atom is 3.00 e. The Morgan fingerprint density at radius 2 is 0.220 bits per heavy atom. The van der Waals surface area contributed by atoms with Crippen LogP contribution in [0.25, 0.3) is 0 Å². The second kappa shape index (κ2) is 12.1. The van der Waals surface area contributed by atoms with E-state index in [0.29, 0.717) is 0 Å². The maximum absolute atomic E-state index is 8.58. The molecule has 0 bridgehead atoms. The van der Waals surface area contributed by atoms with Crippen LogP contribution in [0.4, 0.5) is 0 Å². The monoisotopic (exact) mass is 940 g/mol. The predicted octanol–water partition coefficient (Wildman–Crippen LogP) is 0.295. The molecule has 0 rings (SSSR count). The second-order valence-electron chi connectivity index (χ2n) is 5.40. The molecule has 0 aliphatic carbocycles. The molecule has 18 nitrogen and oxygen atoms in total. The summed E-state index contributed by atoms with van der Waals surface area (Å²) < 4.78 is 0. The Bertz CT molecular complexity index is 1410. The van der Waals surface area contributed by atoms with E-state index >= 15 is 0 Å². The van der Waals surface area contributed by atoms with Gasteiger partial charge in [0, 0.05) is 0 Å². The van der Waals surface area contributed by atoms with E-state index in [-0.39, 0.29) is 80.8 Å². The van der Waals surface area contributed by atoms with E-state index in [1.165, 1.54) is 0 Å². The Morgan fingerprint density at radius 1 is 0.171 bits per heavy atom. The molecule has 198 valence electrons. The fraction of sp³-hybridized carbons (Fsp3) is 0. The van der Waals surface area contributed by atoms with Crippen molar-refractivity contribution >= 4 is 0 Å². The van der Waals surface area contributed by atoms with E-state index in [2.05, 4.69) is 0 Å². The fourth-order valence-corrected chi connectivity index (χ4v) is 3.28. The summed E-state index contributed by atoms with van der Waals surface area (Å²) in [6.07, 6.45) is 0. The average Bonchev–Trinajstić information content (AvgIpc) is 3.06. The summed E-state index contributed by atoms with van der Waals surface area (Å²) >= 11 is 0. The maximum Gasteiger partial charge on any atom is 3.00 e. The van der Waals surface area contributed by atoms with Gasteiger partial charge in [0.1, 0.15) is 0 Å². The van der Waals surface area contributed by atoms with Crippen LogP contribution >= 0.6 is 0 Å². The molecule has 0 aliphatic heterocycles. The van der Waals surface area contributed by atoms with Gasteiger partial charge in [0.2, 0.25) is 0 Å². The summed E-state index contributed by atoms with van der Waals surface area (Å²) in [4.78, 5) is 18.6. The molecule has 0 aliphatic rings. The van der Waals surface area contributed by atoms with E-state index in [1.807, 2.05) is 0 Å². The topological polar surface area (TPSA) is 428 Å². The zero-order chi connectivity index (χ0) is 32.0. The molecule has 0 fully saturated rings. The molecule has 0 spiro atoms. The van der Waals surface area contributed by atoms with Gasteiger partial charge in [0.25, 0.3) is 0 Å². The van der Waals surface area contributed by atoms with Crippen LogP contribution in [0.15, 0.2) is 0 Å². The second-order valence-corrected chi connectivity index (χ2v) is 22.3. The van der Waals surface area contributed by atoms with Crippen LogP contribution < -0.4 is 0 Å². The molecule has 0 heterocycles. The number of nitrogens with zero attached hydrogens (tertiary/aromatic N) is 18. The largest absolute Gasteiger partial charge is 3.00 e. The predicted molar refractivity (Wildman–Crippen MR) is 101 cm³/mol. The van der Waals surface area contributed by atoms with Crippen molar-refractivity contribution in [3.63, 3.8) is 0 Å². The van der Waals surface area contributed by atoms with E-state index in [1.54, 1.807) is 0 Å². The molecule has 23 heteroatoms. The van der Waals surface area contributed by atoms with E-state index in [4.69, 9.17) is 94.7 Å². The fourth-order valence-electron chi connectivity index (χ4n) is 0.795. The molecule has 0 amide bonds. The quantitative estimate of drug-likeness (QED) is 0.295. The van der Waals surface area contributed by atoms with Crippen LogP contribution in [0.5, 0.6) is 0 Å². The molecule has 0 saturated heterocycles. The summed E-state index contributed by atoms with van der Waals surface area (Å²) in [6.45, 7) is 0. The van der Waals surface area contributed by atoms with Gasteiger partial charge in [0.15, 0.2) is 0 Å². The molecule has 0 N–H and O–H groups in total. The molecule has 0 saturated carbocycles. The van der Waals surface area contributed by atoms with Crippen molar-refractivity contribution in [1.82, 2.24) is 0 Å². The Hall–Kier alpha value is -4.95. The van der Waals surface area contributed by atoms with Crippen LogP contribution in [-0.4, -0.2) is 0 Å². The third kappa shape index (κ3) is 5.29. The van der Waals surface area contributed by atoms with E-state index in [0.717, 1.165) is 89.4 Å². The van der Waals surface area contributed by atoms with E-state index in [9.17, 15) is 0 Å². The van der Waals surface area contributed by atoms with Crippen LogP contribution in [0.2, 0.25) is 0 Å². The van der Waals surface area contributed by atoms with Crippen molar-refractivity contribution in [3.05, 3.63) is 0 Å². The van der Waals surface area contributed by atoms with Gasteiger partial charge in [0.05, 0.1) is 0 Å². The van der Waals surface area contributed by atoms with Gasteiger partial charge in [-0.15, -0.1) is 0 Å². The number of rotatable bonds is 0. The summed E-state index contributed by atoms with van der Waals surface area (Å²) in [5.41, 5.74) is 0. The summed E-state index contributed by atoms with van der Waals surface area (Å²) in [6, 6.07) is 0. The van der Waals surface area contributed by atoms with E-state index < -0.39 is 32.2 Å². The van der Waals surface area contributed by atoms with Crippen molar-refractivity contribution in [3.8, 4) is 89.4 Å². The molecule has 0 aromatic carbocycles. The number of nitriles is 18. The number of hydrogen-bond donors (Lipinski definition) is 0. The number of hydrogen-bond acceptors (Lipinski definition) is 18. The Kier molecular flexibility index (Phi) is 13.5. The van der Waals surface area contributed by atoms with Crippen molar-refractivity contribution in [1.29, 1.82) is 94.7 Å². The minimum atomic E-state index is -6.17. The third-order valence-corrected chi connectivity index (χ3v) is 14.7. The van der Waals surface area contributed by atoms with Gasteiger partial charge in [-0.3, -0.25) is 0 Å². The van der Waals surface area contributed by atoms with Crippen molar-refractivity contribution in [2.45, 2.75) is 0 Å². The van der Waals surface area contributed by atoms with Gasteiger partial charge < -0.3 is 0 Å². The van der Waals surface area contributed by atoms with Crippen molar-refractivity contribution in [2.24, 2.45) is 0 Å². The first-order valence-electron chi connectivity index (χ1n) is 7.21. The summed E-state index contributed by atoms with van der Waals surface area (Å²) in [5, 5.41) is 154. The van der Waals surface area contributed by atoms with Gasteiger partial charge in [-0.2, -0.15) is 0 Å². The Labute approximate surface area is 292 Å². The maximum atomic E-state index is 8.58. The van der Waals surface area contributed by atoms with Gasteiger partial charge >= 0.3 is 297 Å². The molecule has 2 radical (unpaired) electrons. The van der Waals surface area contributed by atoms with Gasteiger partial charge in [-0.05, 0) is 0 Å². The van der Waals surface area contributed by atoms with Crippen LogP contribution in [0.1, 0.15) is 0 Å². The first kappa shape index (κ1) is 45.9. The Balaban J connectivity index is -0.000000154. The zero-order valence-corrected chi connectivity index (χ0v) is 27.5. The van der Waals surface area contributed by atoms with Crippen molar-refractivity contribution in [2.75, 3.05) is 0 Å². The van der Waals surface area contributed by atoms with Crippen LogP contribution in [-0.2, 0) is 32.2 Å². The minimum absolute atomic E-state index is 0. The van der Waals surface area contributed by atoms with Crippen LogP contribution in [0, 0.1) is 265 Å². The molecular formula is C18Fe3N18Sm2. The standard InChI is InChI=1S/18CN.3Fe.2Sm/c18*1-2;;;;;/q;;;;;;;;;;;;;;;;;;3*-2;2*+3. The first-order chi connectivity index (χ1) is 17.9. The smallest absolute Gasteiger partial charge is 3.00 e. The normalized spacial score (nSPS) is 12.7. The van der Waals surface area contributed by atoms with Crippen molar-refractivity contribution < 1.29 is 113 Å².